The predicted molar refractivity (Wildman–Crippen MR) is 81.2 cm³/mol. The average molecular weight is 287 g/mol. The molecule has 0 saturated carbocycles. The maximum Gasteiger partial charge on any atom is 0.251 e. The molecule has 5 heteroatoms. The Morgan fingerprint density at radius 1 is 1.19 bits per heavy atom. The van der Waals surface area contributed by atoms with E-state index in [0.29, 0.717) is 6.42 Å². The van der Waals surface area contributed by atoms with Gasteiger partial charge in [-0.2, -0.15) is 0 Å². The van der Waals surface area contributed by atoms with Crippen molar-refractivity contribution < 1.29 is 9.59 Å². The van der Waals surface area contributed by atoms with E-state index in [1.807, 2.05) is 31.2 Å². The molecule has 1 N–H and O–H groups in total. The van der Waals surface area contributed by atoms with Gasteiger partial charge in [0, 0.05) is 26.2 Å². The summed E-state index contributed by atoms with van der Waals surface area (Å²) in [5.41, 5.74) is 1.80. The van der Waals surface area contributed by atoms with E-state index in [1.54, 1.807) is 0 Å². The van der Waals surface area contributed by atoms with Gasteiger partial charge in [0.1, 0.15) is 0 Å². The van der Waals surface area contributed by atoms with Crippen LogP contribution in [0.2, 0.25) is 0 Å². The highest BCUT2D eigenvalue weighted by Crippen LogP contribution is 2.28. The molecule has 1 aromatic carbocycles. The number of carbonyl (C=O) groups is 2. The number of imide groups is 1. The quantitative estimate of drug-likeness (QED) is 0.835. The summed E-state index contributed by atoms with van der Waals surface area (Å²) in [4.78, 5) is 28.6. The highest BCUT2D eigenvalue weighted by Gasteiger charge is 2.43. The molecule has 2 amide bonds. The molecule has 2 aliphatic heterocycles. The second-order valence-electron chi connectivity index (χ2n) is 5.56. The lowest BCUT2D eigenvalue weighted by Crippen LogP contribution is -2.51. The Kier molecular flexibility index (Phi) is 4.03. The molecule has 1 aromatic rings. The minimum absolute atomic E-state index is 0.0669. The van der Waals surface area contributed by atoms with Gasteiger partial charge in [-0.3, -0.25) is 14.5 Å². The first-order valence-corrected chi connectivity index (χ1v) is 7.62. The molecule has 1 unspecified atom stereocenters. The summed E-state index contributed by atoms with van der Waals surface area (Å²) in [7, 11) is 0. The van der Waals surface area contributed by atoms with Gasteiger partial charge in [-0.25, -0.2) is 4.90 Å². The number of amides is 2. The average Bonchev–Trinajstić information content (AvgIpc) is 2.83. The fourth-order valence-electron chi connectivity index (χ4n) is 3.18. The minimum atomic E-state index is -0.287. The summed E-state index contributed by atoms with van der Waals surface area (Å²) in [5.74, 6) is -0.146. The molecule has 0 aliphatic carbocycles. The van der Waals surface area contributed by atoms with Crippen LogP contribution < -0.4 is 10.2 Å². The summed E-state index contributed by atoms with van der Waals surface area (Å²) in [6.45, 7) is 5.45. The van der Waals surface area contributed by atoms with Gasteiger partial charge >= 0.3 is 0 Å². The van der Waals surface area contributed by atoms with E-state index in [2.05, 4.69) is 10.2 Å². The lowest BCUT2D eigenvalue weighted by Gasteiger charge is -2.31. The van der Waals surface area contributed by atoms with E-state index < -0.39 is 0 Å². The first-order valence-electron chi connectivity index (χ1n) is 7.62. The Hall–Kier alpha value is -1.72. The second kappa shape index (κ2) is 5.95. The Morgan fingerprint density at radius 2 is 1.90 bits per heavy atom. The van der Waals surface area contributed by atoms with E-state index in [1.165, 1.54) is 4.90 Å². The molecule has 0 bridgehead atoms. The summed E-state index contributed by atoms with van der Waals surface area (Å²) in [5, 5.41) is 3.27. The largest absolute Gasteiger partial charge is 0.314 e. The maximum absolute atomic E-state index is 12.7. The molecule has 0 spiro atoms. The zero-order valence-corrected chi connectivity index (χ0v) is 12.3. The number of nitrogens with one attached hydrogen (secondary N) is 1. The van der Waals surface area contributed by atoms with Crippen LogP contribution in [0.3, 0.4) is 0 Å². The van der Waals surface area contributed by atoms with Crippen molar-refractivity contribution in [3.05, 3.63) is 29.8 Å². The molecular weight excluding hydrogens is 266 g/mol. The Morgan fingerprint density at radius 3 is 2.62 bits per heavy atom. The molecule has 5 nitrogen and oxygen atoms in total. The number of carbonyl (C=O) groups excluding carboxylic acids is 2. The second-order valence-corrected chi connectivity index (χ2v) is 5.56. The first-order chi connectivity index (χ1) is 10.2. The van der Waals surface area contributed by atoms with Gasteiger partial charge < -0.3 is 5.32 Å². The van der Waals surface area contributed by atoms with Crippen LogP contribution in [-0.4, -0.2) is 48.9 Å². The Labute approximate surface area is 124 Å². The summed E-state index contributed by atoms with van der Waals surface area (Å²) in [6.07, 6.45) is 1.11. The molecular formula is C16H21N3O2. The number of piperazine rings is 1. The first kappa shape index (κ1) is 14.2. The van der Waals surface area contributed by atoms with Gasteiger partial charge in [-0.1, -0.05) is 25.1 Å². The van der Waals surface area contributed by atoms with Gasteiger partial charge in [-0.15, -0.1) is 0 Å². The van der Waals surface area contributed by atoms with E-state index in [-0.39, 0.29) is 17.9 Å². The van der Waals surface area contributed by atoms with Gasteiger partial charge in [0.25, 0.3) is 5.91 Å². The molecule has 21 heavy (non-hydrogen) atoms. The van der Waals surface area contributed by atoms with Crippen LogP contribution in [0.25, 0.3) is 0 Å². The number of para-hydroxylation sites is 1. The predicted octanol–water partition coefficient (Wildman–Crippen LogP) is 0.786. The van der Waals surface area contributed by atoms with Crippen molar-refractivity contribution in [1.29, 1.82) is 0 Å². The van der Waals surface area contributed by atoms with Gasteiger partial charge in [0.15, 0.2) is 0 Å². The highest BCUT2D eigenvalue weighted by atomic mass is 16.2. The summed E-state index contributed by atoms with van der Waals surface area (Å²) < 4.78 is 0. The van der Waals surface area contributed by atoms with E-state index in [0.717, 1.165) is 43.9 Å². The van der Waals surface area contributed by atoms with Gasteiger partial charge in [0.05, 0.1) is 18.2 Å². The van der Waals surface area contributed by atoms with Crippen molar-refractivity contribution in [1.82, 2.24) is 10.2 Å². The van der Waals surface area contributed by atoms with Crippen LogP contribution in [0, 0.1) is 0 Å². The highest BCUT2D eigenvalue weighted by molar-refractivity contribution is 6.22. The third kappa shape index (κ3) is 2.59. The lowest BCUT2D eigenvalue weighted by atomic mass is 10.1. The molecule has 1 atom stereocenters. The van der Waals surface area contributed by atoms with Crippen molar-refractivity contribution in [2.75, 3.05) is 31.1 Å². The number of benzene rings is 1. The number of anilines is 1. The van der Waals surface area contributed by atoms with Crippen LogP contribution in [0.4, 0.5) is 5.69 Å². The van der Waals surface area contributed by atoms with Crippen LogP contribution in [0.15, 0.2) is 24.3 Å². The van der Waals surface area contributed by atoms with Crippen molar-refractivity contribution in [3.8, 4) is 0 Å². The lowest BCUT2D eigenvalue weighted by molar-refractivity contribution is -0.123. The number of nitrogens with zero attached hydrogens (tertiary/aromatic N) is 2. The monoisotopic (exact) mass is 287 g/mol. The summed E-state index contributed by atoms with van der Waals surface area (Å²) >= 11 is 0. The molecule has 0 aromatic heterocycles. The fraction of sp³-hybridized carbons (Fsp3) is 0.500. The zero-order chi connectivity index (χ0) is 14.8. The van der Waals surface area contributed by atoms with Crippen LogP contribution in [-0.2, 0) is 16.0 Å². The minimum Gasteiger partial charge on any atom is -0.314 e. The van der Waals surface area contributed by atoms with Crippen molar-refractivity contribution in [2.24, 2.45) is 0 Å². The SMILES string of the molecule is CCc1ccccc1N1C(=O)CC(N2CCNCC2)C1=O. The standard InChI is InChI=1S/C16H21N3O2/c1-2-12-5-3-4-6-13(12)19-15(20)11-14(16(19)21)18-9-7-17-8-10-18/h3-6,14,17H,2,7-11H2,1H3. The topological polar surface area (TPSA) is 52.7 Å². The third-order valence-electron chi connectivity index (χ3n) is 4.33. The fourth-order valence-corrected chi connectivity index (χ4v) is 3.18. The Bertz CT molecular complexity index is 552. The smallest absolute Gasteiger partial charge is 0.251 e. The molecule has 2 fully saturated rings. The van der Waals surface area contributed by atoms with Gasteiger partial charge in [0.2, 0.25) is 5.91 Å². The van der Waals surface area contributed by atoms with Crippen molar-refractivity contribution in [3.63, 3.8) is 0 Å². The number of aryl methyl sites for hydroxylation is 1. The van der Waals surface area contributed by atoms with Crippen molar-refractivity contribution in [2.45, 2.75) is 25.8 Å². The molecule has 2 saturated heterocycles. The van der Waals surface area contributed by atoms with E-state index in [4.69, 9.17) is 0 Å². The summed E-state index contributed by atoms with van der Waals surface area (Å²) in [6, 6.07) is 7.39. The van der Waals surface area contributed by atoms with E-state index >= 15 is 0 Å². The maximum atomic E-state index is 12.7. The number of rotatable bonds is 3. The molecule has 3 rings (SSSR count). The van der Waals surface area contributed by atoms with E-state index in [9.17, 15) is 9.59 Å². The normalized spacial score (nSPS) is 23.9. The zero-order valence-electron chi connectivity index (χ0n) is 12.3. The molecule has 0 radical (unpaired) electrons. The molecule has 112 valence electrons. The number of hydrogen-bond donors (Lipinski definition) is 1. The van der Waals surface area contributed by atoms with Gasteiger partial charge in [-0.05, 0) is 18.1 Å². The molecule has 2 heterocycles. The number of hydrogen-bond acceptors (Lipinski definition) is 4. The molecule has 2 aliphatic rings. The Balaban J connectivity index is 1.86. The van der Waals surface area contributed by atoms with Crippen LogP contribution >= 0.6 is 0 Å². The third-order valence-corrected chi connectivity index (χ3v) is 4.33. The van der Waals surface area contributed by atoms with Crippen molar-refractivity contribution >= 4 is 17.5 Å². The van der Waals surface area contributed by atoms with Crippen LogP contribution in [0.1, 0.15) is 18.9 Å². The van der Waals surface area contributed by atoms with Crippen LogP contribution in [0.5, 0.6) is 0 Å².